The fraction of sp³-hybridized carbons (Fsp3) is 0.560. The Labute approximate surface area is 202 Å². The second-order valence-electron chi connectivity index (χ2n) is 10.6. The number of anilines is 1. The predicted molar refractivity (Wildman–Crippen MR) is 122 cm³/mol. The molecule has 1 unspecified atom stereocenters. The standard InChI is InChI=1S/C25H28N4O6/c30-12-19-17-10-27(11-18(17)19)13-25(35)5-7-28(8-6-25)14-1-2-15-16(9-14)24(34)29(23(15)33)20-3-4-21(31)26-22(20)32/h1-2,9,12,17-20,35H,3-8,10-11,13H2,(H,26,31,32)/t17-,18+,19+,20?. The van der Waals surface area contributed by atoms with Gasteiger partial charge >= 0.3 is 0 Å². The van der Waals surface area contributed by atoms with Gasteiger partial charge in [-0.2, -0.15) is 0 Å². The molecule has 4 heterocycles. The van der Waals surface area contributed by atoms with Crippen molar-refractivity contribution in [3.63, 3.8) is 0 Å². The van der Waals surface area contributed by atoms with Crippen molar-refractivity contribution in [2.24, 2.45) is 17.8 Å². The number of nitrogens with zero attached hydrogens (tertiary/aromatic N) is 3. The fourth-order valence-electron chi connectivity index (χ4n) is 6.40. The number of rotatable bonds is 5. The Morgan fingerprint density at radius 2 is 1.71 bits per heavy atom. The Morgan fingerprint density at radius 1 is 1.03 bits per heavy atom. The minimum atomic E-state index is -0.980. The van der Waals surface area contributed by atoms with Crippen molar-refractivity contribution in [1.82, 2.24) is 15.1 Å². The molecule has 4 atom stereocenters. The third-order valence-electron chi connectivity index (χ3n) is 8.49. The van der Waals surface area contributed by atoms with E-state index in [-0.39, 0.29) is 29.9 Å². The molecule has 4 aliphatic heterocycles. The summed E-state index contributed by atoms with van der Waals surface area (Å²) in [4.78, 5) is 66.1. The van der Waals surface area contributed by atoms with Crippen molar-refractivity contribution in [2.75, 3.05) is 37.6 Å². The SMILES string of the molecule is O=C[C@@H]1[C@H]2CN(CC3(O)CCN(c4ccc5c(c4)C(=O)N(C4CCC(=O)NC4=O)C5=O)CC3)C[C@@H]12. The van der Waals surface area contributed by atoms with Crippen LogP contribution < -0.4 is 10.2 Å². The van der Waals surface area contributed by atoms with Crippen LogP contribution in [0.4, 0.5) is 5.69 Å². The van der Waals surface area contributed by atoms with Crippen molar-refractivity contribution < 1.29 is 29.1 Å². The van der Waals surface area contributed by atoms with Gasteiger partial charge in [-0.25, -0.2) is 0 Å². The van der Waals surface area contributed by atoms with E-state index in [1.165, 1.54) is 0 Å². The van der Waals surface area contributed by atoms with Crippen molar-refractivity contribution >= 4 is 35.6 Å². The van der Waals surface area contributed by atoms with Gasteiger partial charge in [-0.05, 0) is 49.3 Å². The van der Waals surface area contributed by atoms with E-state index in [0.717, 1.165) is 30.0 Å². The number of β-amino-alcohol motifs (C(OH)–C–C–N with tert-alkyl or cyclic N) is 1. The first-order valence-corrected chi connectivity index (χ1v) is 12.3. The van der Waals surface area contributed by atoms with Crippen LogP contribution in [0.25, 0.3) is 0 Å². The molecule has 4 amide bonds. The number of aliphatic hydroxyl groups is 1. The number of fused-ring (bicyclic) bond motifs is 2. The first-order chi connectivity index (χ1) is 16.8. The van der Waals surface area contributed by atoms with E-state index in [2.05, 4.69) is 15.1 Å². The van der Waals surface area contributed by atoms with Gasteiger partial charge in [0.1, 0.15) is 12.3 Å². The summed E-state index contributed by atoms with van der Waals surface area (Å²) in [7, 11) is 0. The molecule has 10 heteroatoms. The van der Waals surface area contributed by atoms with E-state index in [1.807, 2.05) is 0 Å². The average Bonchev–Trinajstić information content (AvgIpc) is 3.20. The van der Waals surface area contributed by atoms with Crippen LogP contribution in [0, 0.1) is 17.8 Å². The first-order valence-electron chi connectivity index (χ1n) is 12.3. The van der Waals surface area contributed by atoms with Gasteiger partial charge in [0.15, 0.2) is 0 Å². The molecule has 10 nitrogen and oxygen atoms in total. The summed E-state index contributed by atoms with van der Waals surface area (Å²) < 4.78 is 0. The van der Waals surface area contributed by atoms with Crippen LogP contribution in [0.3, 0.4) is 0 Å². The van der Waals surface area contributed by atoms with Crippen molar-refractivity contribution in [3.8, 4) is 0 Å². The number of hydrogen-bond acceptors (Lipinski definition) is 8. The molecule has 1 aromatic rings. The van der Waals surface area contributed by atoms with Crippen LogP contribution in [0.1, 0.15) is 46.4 Å². The highest BCUT2D eigenvalue weighted by molar-refractivity contribution is 6.23. The van der Waals surface area contributed by atoms with Gasteiger partial charge in [0.2, 0.25) is 11.8 Å². The molecule has 4 fully saturated rings. The summed E-state index contributed by atoms with van der Waals surface area (Å²) in [6, 6.07) is 4.14. The number of aldehydes is 1. The molecular formula is C25H28N4O6. The zero-order chi connectivity index (χ0) is 24.5. The number of likely N-dealkylation sites (tertiary alicyclic amines) is 1. The van der Waals surface area contributed by atoms with Gasteiger partial charge in [-0.1, -0.05) is 0 Å². The number of amides is 4. The minimum absolute atomic E-state index is 0.0855. The molecule has 1 saturated carbocycles. The van der Waals surface area contributed by atoms with Crippen LogP contribution >= 0.6 is 0 Å². The van der Waals surface area contributed by atoms with Gasteiger partial charge in [-0.15, -0.1) is 0 Å². The number of imide groups is 2. The molecule has 1 aliphatic carbocycles. The number of nitrogens with one attached hydrogen (secondary N) is 1. The molecule has 6 rings (SSSR count). The topological polar surface area (TPSA) is 127 Å². The summed E-state index contributed by atoms with van der Waals surface area (Å²) in [6.07, 6.45) is 2.45. The lowest BCUT2D eigenvalue weighted by Gasteiger charge is -2.41. The van der Waals surface area contributed by atoms with Crippen molar-refractivity contribution in [1.29, 1.82) is 0 Å². The quantitative estimate of drug-likeness (QED) is 0.438. The number of benzene rings is 1. The molecule has 2 N–H and O–H groups in total. The Bertz CT molecular complexity index is 1130. The Morgan fingerprint density at radius 3 is 2.37 bits per heavy atom. The van der Waals surface area contributed by atoms with Crippen LogP contribution in [0.2, 0.25) is 0 Å². The first kappa shape index (κ1) is 22.4. The van der Waals surface area contributed by atoms with Crippen LogP contribution in [-0.2, 0) is 14.4 Å². The van der Waals surface area contributed by atoms with Crippen LogP contribution in [0.15, 0.2) is 18.2 Å². The summed E-state index contributed by atoms with van der Waals surface area (Å²) >= 11 is 0. The smallest absolute Gasteiger partial charge is 0.262 e. The van der Waals surface area contributed by atoms with Crippen LogP contribution in [0.5, 0.6) is 0 Å². The summed E-state index contributed by atoms with van der Waals surface area (Å²) in [6.45, 7) is 3.60. The van der Waals surface area contributed by atoms with Gasteiger partial charge in [0.05, 0.1) is 16.7 Å². The number of carbonyl (C=O) groups is 5. The molecule has 0 bridgehead atoms. The zero-order valence-electron chi connectivity index (χ0n) is 19.3. The minimum Gasteiger partial charge on any atom is -0.388 e. The normalized spacial score (nSPS) is 31.9. The molecule has 0 spiro atoms. The molecule has 3 saturated heterocycles. The predicted octanol–water partition coefficient (Wildman–Crippen LogP) is -0.204. The van der Waals surface area contributed by atoms with E-state index >= 15 is 0 Å². The van der Waals surface area contributed by atoms with E-state index in [0.29, 0.717) is 44.3 Å². The highest BCUT2D eigenvalue weighted by Gasteiger charge is 2.56. The summed E-state index contributed by atoms with van der Waals surface area (Å²) in [5, 5.41) is 13.4. The lowest BCUT2D eigenvalue weighted by molar-refractivity contribution is -0.136. The monoisotopic (exact) mass is 480 g/mol. The van der Waals surface area contributed by atoms with Gasteiger partial charge < -0.3 is 14.8 Å². The maximum Gasteiger partial charge on any atom is 0.262 e. The third kappa shape index (κ3) is 3.66. The van der Waals surface area contributed by atoms with E-state index in [1.54, 1.807) is 18.2 Å². The summed E-state index contributed by atoms with van der Waals surface area (Å²) in [5.41, 5.74) is 0.542. The number of carbonyl (C=O) groups excluding carboxylic acids is 5. The fourth-order valence-corrected chi connectivity index (χ4v) is 6.40. The highest BCUT2D eigenvalue weighted by atomic mass is 16.3. The third-order valence-corrected chi connectivity index (χ3v) is 8.49. The lowest BCUT2D eigenvalue weighted by atomic mass is 9.90. The average molecular weight is 481 g/mol. The van der Waals surface area contributed by atoms with Gasteiger partial charge in [0.25, 0.3) is 11.8 Å². The molecule has 1 aromatic carbocycles. The molecule has 0 radical (unpaired) electrons. The van der Waals surface area contributed by atoms with Gasteiger partial charge in [-0.3, -0.25) is 34.3 Å². The maximum atomic E-state index is 13.1. The molecule has 5 aliphatic rings. The molecular weight excluding hydrogens is 452 g/mol. The number of hydrogen-bond donors (Lipinski definition) is 2. The highest BCUT2D eigenvalue weighted by Crippen LogP contribution is 2.50. The van der Waals surface area contributed by atoms with E-state index in [9.17, 15) is 29.1 Å². The van der Waals surface area contributed by atoms with Crippen LogP contribution in [-0.4, -0.2) is 89.2 Å². The second kappa shape index (κ2) is 7.96. The second-order valence-corrected chi connectivity index (χ2v) is 10.6. The van der Waals surface area contributed by atoms with E-state index < -0.39 is 35.3 Å². The lowest BCUT2D eigenvalue weighted by Crippen LogP contribution is -2.54. The van der Waals surface area contributed by atoms with Gasteiger partial charge in [0, 0.05) is 50.7 Å². The maximum absolute atomic E-state index is 13.1. The Balaban J connectivity index is 1.11. The van der Waals surface area contributed by atoms with Crippen molar-refractivity contribution in [2.45, 2.75) is 37.3 Å². The molecule has 184 valence electrons. The van der Waals surface area contributed by atoms with Crippen molar-refractivity contribution in [3.05, 3.63) is 29.3 Å². The van der Waals surface area contributed by atoms with E-state index in [4.69, 9.17) is 0 Å². The zero-order valence-corrected chi connectivity index (χ0v) is 19.3. The Kier molecular flexibility index (Phi) is 5.08. The summed E-state index contributed by atoms with van der Waals surface area (Å²) in [5.74, 6) is -0.922. The molecule has 0 aromatic heterocycles. The Hall–Kier alpha value is -3.11. The number of piperidine rings is 3. The largest absolute Gasteiger partial charge is 0.388 e. The molecule has 35 heavy (non-hydrogen) atoms.